The van der Waals surface area contributed by atoms with Crippen LogP contribution in [0.5, 0.6) is 0 Å². The van der Waals surface area contributed by atoms with Crippen molar-refractivity contribution in [3.63, 3.8) is 0 Å². The molecule has 0 spiro atoms. The third kappa shape index (κ3) is 3.19. The molecule has 1 unspecified atom stereocenters. The molecule has 13 heavy (non-hydrogen) atoms. The van der Waals surface area contributed by atoms with Gasteiger partial charge in [0.1, 0.15) is 6.10 Å². The summed E-state index contributed by atoms with van der Waals surface area (Å²) in [5, 5.41) is 2.00. The molecule has 3 heteroatoms. The second-order valence-corrected chi connectivity index (χ2v) is 3.88. The third-order valence-corrected chi connectivity index (χ3v) is 2.68. The fourth-order valence-corrected chi connectivity index (χ4v) is 1.99. The lowest BCUT2D eigenvalue weighted by molar-refractivity contribution is -0.146. The number of hydrogen-bond acceptors (Lipinski definition) is 3. The summed E-state index contributed by atoms with van der Waals surface area (Å²) in [7, 11) is 0. The van der Waals surface area contributed by atoms with Crippen molar-refractivity contribution in [1.29, 1.82) is 0 Å². The molecule has 1 atom stereocenters. The Morgan fingerprint density at radius 2 is 2.46 bits per heavy atom. The molecule has 0 N–H and O–H groups in total. The molecule has 0 aliphatic heterocycles. The van der Waals surface area contributed by atoms with E-state index in [4.69, 9.17) is 4.74 Å². The normalized spacial score (nSPS) is 12.5. The van der Waals surface area contributed by atoms with Crippen molar-refractivity contribution >= 4 is 17.3 Å². The van der Waals surface area contributed by atoms with Crippen LogP contribution in [0.3, 0.4) is 0 Å². The topological polar surface area (TPSA) is 26.3 Å². The molecule has 2 nitrogen and oxygen atoms in total. The first-order valence-corrected chi connectivity index (χ1v) is 5.32. The van der Waals surface area contributed by atoms with Crippen LogP contribution in [0.4, 0.5) is 0 Å². The molecule has 0 aliphatic rings. The average Bonchev–Trinajstić information content (AvgIpc) is 2.54. The molecule has 0 saturated heterocycles. The van der Waals surface area contributed by atoms with Crippen LogP contribution in [0.25, 0.3) is 0 Å². The molecule has 0 aromatic carbocycles. The van der Waals surface area contributed by atoms with Crippen molar-refractivity contribution in [2.45, 2.75) is 32.8 Å². The van der Waals surface area contributed by atoms with Crippen LogP contribution < -0.4 is 0 Å². The van der Waals surface area contributed by atoms with Gasteiger partial charge in [-0.3, -0.25) is 4.79 Å². The molecular formula is C10H14O2S. The minimum atomic E-state index is -0.202. The standard InChI is InChI=1S/C10H14O2S/c1-3-5-9(12-8(2)11)10-6-4-7-13-10/h4,6-7,9H,3,5H2,1-2H3. The minimum absolute atomic E-state index is 0.0394. The highest BCUT2D eigenvalue weighted by molar-refractivity contribution is 7.10. The summed E-state index contributed by atoms with van der Waals surface area (Å²) in [5.74, 6) is -0.202. The zero-order valence-electron chi connectivity index (χ0n) is 7.95. The Kier molecular flexibility index (Phi) is 3.96. The van der Waals surface area contributed by atoms with Gasteiger partial charge in [-0.15, -0.1) is 11.3 Å². The minimum Gasteiger partial charge on any atom is -0.457 e. The molecule has 0 radical (unpaired) electrons. The molecule has 0 aliphatic carbocycles. The number of thiophene rings is 1. The van der Waals surface area contributed by atoms with E-state index in [1.54, 1.807) is 11.3 Å². The van der Waals surface area contributed by atoms with Gasteiger partial charge in [0.2, 0.25) is 0 Å². The van der Waals surface area contributed by atoms with Gasteiger partial charge < -0.3 is 4.74 Å². The lowest BCUT2D eigenvalue weighted by Gasteiger charge is -2.13. The van der Waals surface area contributed by atoms with Gasteiger partial charge in [0, 0.05) is 11.8 Å². The summed E-state index contributed by atoms with van der Waals surface area (Å²) in [6.45, 7) is 3.54. The fraction of sp³-hybridized carbons (Fsp3) is 0.500. The first kappa shape index (κ1) is 10.3. The molecule has 1 heterocycles. The summed E-state index contributed by atoms with van der Waals surface area (Å²) in [5.41, 5.74) is 0. The number of rotatable bonds is 4. The molecule has 1 aromatic rings. The summed E-state index contributed by atoms with van der Waals surface area (Å²) >= 11 is 1.64. The second-order valence-electron chi connectivity index (χ2n) is 2.90. The molecular weight excluding hydrogens is 184 g/mol. The SMILES string of the molecule is CCCC(OC(C)=O)c1cccs1. The Labute approximate surface area is 82.5 Å². The van der Waals surface area contributed by atoms with Crippen LogP contribution in [-0.2, 0) is 9.53 Å². The highest BCUT2D eigenvalue weighted by atomic mass is 32.1. The van der Waals surface area contributed by atoms with Gasteiger partial charge in [0.05, 0.1) is 0 Å². The average molecular weight is 198 g/mol. The van der Waals surface area contributed by atoms with E-state index in [0.29, 0.717) is 0 Å². The maximum atomic E-state index is 10.8. The first-order valence-electron chi connectivity index (χ1n) is 4.44. The van der Waals surface area contributed by atoms with Crippen molar-refractivity contribution in [2.75, 3.05) is 0 Å². The van der Waals surface area contributed by atoms with Gasteiger partial charge in [0.15, 0.2) is 0 Å². The molecule has 0 bridgehead atoms. The van der Waals surface area contributed by atoms with E-state index in [-0.39, 0.29) is 12.1 Å². The molecule has 0 amide bonds. The van der Waals surface area contributed by atoms with E-state index in [0.717, 1.165) is 17.7 Å². The Morgan fingerprint density at radius 3 is 2.92 bits per heavy atom. The summed E-state index contributed by atoms with van der Waals surface area (Å²) in [4.78, 5) is 11.9. The maximum Gasteiger partial charge on any atom is 0.303 e. The molecule has 1 aromatic heterocycles. The van der Waals surface area contributed by atoms with Crippen molar-refractivity contribution < 1.29 is 9.53 Å². The van der Waals surface area contributed by atoms with Crippen LogP contribution in [0.1, 0.15) is 37.7 Å². The quantitative estimate of drug-likeness (QED) is 0.695. The molecule has 0 fully saturated rings. The number of esters is 1. The largest absolute Gasteiger partial charge is 0.457 e. The fourth-order valence-electron chi connectivity index (χ4n) is 1.20. The second kappa shape index (κ2) is 5.02. The molecule has 0 saturated carbocycles. The predicted molar refractivity (Wildman–Crippen MR) is 53.7 cm³/mol. The van der Waals surface area contributed by atoms with Crippen LogP contribution in [0.2, 0.25) is 0 Å². The van der Waals surface area contributed by atoms with Crippen molar-refractivity contribution in [2.24, 2.45) is 0 Å². The number of hydrogen-bond donors (Lipinski definition) is 0. The Morgan fingerprint density at radius 1 is 1.69 bits per heavy atom. The first-order chi connectivity index (χ1) is 6.24. The van der Waals surface area contributed by atoms with Gasteiger partial charge in [-0.05, 0) is 17.9 Å². The number of carbonyl (C=O) groups excluding carboxylic acids is 1. The Hall–Kier alpha value is -0.830. The highest BCUT2D eigenvalue weighted by Crippen LogP contribution is 2.26. The lowest BCUT2D eigenvalue weighted by Crippen LogP contribution is -2.06. The van der Waals surface area contributed by atoms with Crippen molar-refractivity contribution in [3.05, 3.63) is 22.4 Å². The van der Waals surface area contributed by atoms with E-state index in [2.05, 4.69) is 6.92 Å². The van der Waals surface area contributed by atoms with E-state index < -0.39 is 0 Å². The Balaban J connectivity index is 2.62. The summed E-state index contributed by atoms with van der Waals surface area (Å²) in [6, 6.07) is 3.99. The van der Waals surface area contributed by atoms with Crippen molar-refractivity contribution in [1.82, 2.24) is 0 Å². The molecule has 1 rings (SSSR count). The zero-order valence-corrected chi connectivity index (χ0v) is 8.76. The van der Waals surface area contributed by atoms with E-state index in [1.807, 2.05) is 17.5 Å². The summed E-state index contributed by atoms with van der Waals surface area (Å²) < 4.78 is 5.21. The summed E-state index contributed by atoms with van der Waals surface area (Å²) in [6.07, 6.45) is 1.89. The number of ether oxygens (including phenoxy) is 1. The van der Waals surface area contributed by atoms with E-state index in [1.165, 1.54) is 6.92 Å². The maximum absolute atomic E-state index is 10.8. The Bertz CT molecular complexity index is 254. The van der Waals surface area contributed by atoms with Crippen LogP contribution >= 0.6 is 11.3 Å². The predicted octanol–water partition coefficient (Wildman–Crippen LogP) is 3.15. The molecule has 72 valence electrons. The van der Waals surface area contributed by atoms with E-state index >= 15 is 0 Å². The van der Waals surface area contributed by atoms with Crippen LogP contribution in [0.15, 0.2) is 17.5 Å². The van der Waals surface area contributed by atoms with Gasteiger partial charge in [-0.25, -0.2) is 0 Å². The number of carbonyl (C=O) groups is 1. The van der Waals surface area contributed by atoms with Crippen LogP contribution in [0, 0.1) is 0 Å². The van der Waals surface area contributed by atoms with Gasteiger partial charge in [-0.2, -0.15) is 0 Å². The van der Waals surface area contributed by atoms with Crippen molar-refractivity contribution in [3.8, 4) is 0 Å². The highest BCUT2D eigenvalue weighted by Gasteiger charge is 2.13. The lowest BCUT2D eigenvalue weighted by atomic mass is 10.2. The van der Waals surface area contributed by atoms with E-state index in [9.17, 15) is 4.79 Å². The van der Waals surface area contributed by atoms with Gasteiger partial charge in [0.25, 0.3) is 0 Å². The van der Waals surface area contributed by atoms with Crippen LogP contribution in [-0.4, -0.2) is 5.97 Å². The third-order valence-electron chi connectivity index (χ3n) is 1.72. The monoisotopic (exact) mass is 198 g/mol. The van der Waals surface area contributed by atoms with Gasteiger partial charge >= 0.3 is 5.97 Å². The van der Waals surface area contributed by atoms with Gasteiger partial charge in [-0.1, -0.05) is 19.4 Å². The smallest absolute Gasteiger partial charge is 0.303 e. The zero-order chi connectivity index (χ0) is 9.68.